The minimum atomic E-state index is 0.131. The van der Waals surface area contributed by atoms with Crippen molar-refractivity contribution in [3.05, 3.63) is 18.5 Å². The summed E-state index contributed by atoms with van der Waals surface area (Å²) in [6.07, 6.45) is 16.7. The van der Waals surface area contributed by atoms with E-state index in [2.05, 4.69) is 18.8 Å². The highest BCUT2D eigenvalue weighted by Crippen LogP contribution is 2.64. The molecule has 4 fully saturated rings. The fourth-order valence-electron chi connectivity index (χ4n) is 8.85. The van der Waals surface area contributed by atoms with E-state index >= 15 is 0 Å². The minimum absolute atomic E-state index is 0.131. The van der Waals surface area contributed by atoms with Crippen molar-refractivity contribution in [2.24, 2.45) is 52.7 Å². The number of hydrogen-bond donors (Lipinski definition) is 2. The molecule has 1 heterocycles. The third-order valence-electron chi connectivity index (χ3n) is 10.5. The Morgan fingerprint density at radius 2 is 1.94 bits per heavy atom. The number of carbonyl (C=O) groups is 1. The van der Waals surface area contributed by atoms with Gasteiger partial charge in [0.15, 0.2) is 5.78 Å². The smallest absolute Gasteiger partial charge is 0.157 e. The SMILES string of the molecule is CCC1CCC2C(CCC3C2CCC2(C)C(C(=O)CN(N)c4cnccc4N)CCC32)C1. The number of hydrazine groups is 1. The van der Waals surface area contributed by atoms with Crippen molar-refractivity contribution in [3.8, 4) is 0 Å². The fraction of sp³-hybridized carbons (Fsp3) is 0.778. The molecule has 1 aromatic rings. The number of fused-ring (bicyclic) bond motifs is 5. The second-order valence-electron chi connectivity index (χ2n) is 11.7. The normalized spacial score (nSPS) is 40.8. The first-order chi connectivity index (χ1) is 15.4. The third-order valence-corrected chi connectivity index (χ3v) is 10.5. The number of anilines is 2. The molecule has 5 heteroatoms. The monoisotopic (exact) mass is 438 g/mol. The topological polar surface area (TPSA) is 85.2 Å². The molecular weight excluding hydrogens is 396 g/mol. The van der Waals surface area contributed by atoms with E-state index in [0.717, 1.165) is 41.9 Å². The van der Waals surface area contributed by atoms with Crippen LogP contribution in [-0.4, -0.2) is 17.3 Å². The van der Waals surface area contributed by atoms with Gasteiger partial charge in [-0.15, -0.1) is 0 Å². The van der Waals surface area contributed by atoms with E-state index in [0.29, 0.717) is 11.4 Å². The Balaban J connectivity index is 1.28. The summed E-state index contributed by atoms with van der Waals surface area (Å²) in [5, 5.41) is 1.50. The lowest BCUT2D eigenvalue weighted by molar-refractivity contribution is -0.129. The standard InChI is InChI=1S/C27H42N4O/c1-3-17-4-6-19-18(14-17)5-7-21-20(19)10-12-27(2)22(21)8-9-23(27)26(32)16-31(29)25-15-30-13-11-24(25)28/h11,13,15,17-23H,3-10,12,14,16,29H2,1-2H3,(H2,28,30). The van der Waals surface area contributed by atoms with Crippen LogP contribution in [0, 0.1) is 46.8 Å². The molecule has 0 radical (unpaired) electrons. The van der Waals surface area contributed by atoms with E-state index < -0.39 is 0 Å². The van der Waals surface area contributed by atoms with Crippen LogP contribution >= 0.6 is 0 Å². The van der Waals surface area contributed by atoms with Crippen LogP contribution in [-0.2, 0) is 4.79 Å². The second-order valence-corrected chi connectivity index (χ2v) is 11.7. The molecule has 4 N–H and O–H groups in total. The van der Waals surface area contributed by atoms with E-state index in [-0.39, 0.29) is 23.7 Å². The van der Waals surface area contributed by atoms with Crippen molar-refractivity contribution in [3.63, 3.8) is 0 Å². The summed E-state index contributed by atoms with van der Waals surface area (Å²) in [5.41, 5.74) is 7.41. The van der Waals surface area contributed by atoms with Crippen molar-refractivity contribution in [1.82, 2.24) is 4.98 Å². The van der Waals surface area contributed by atoms with Crippen molar-refractivity contribution in [2.75, 3.05) is 17.3 Å². The Kier molecular flexibility index (Phi) is 5.98. The highest BCUT2D eigenvalue weighted by atomic mass is 16.1. The zero-order valence-electron chi connectivity index (χ0n) is 20.0. The summed E-state index contributed by atoms with van der Waals surface area (Å²) in [7, 11) is 0. The van der Waals surface area contributed by atoms with E-state index in [1.165, 1.54) is 62.8 Å². The summed E-state index contributed by atoms with van der Waals surface area (Å²) in [5.74, 6) is 12.1. The predicted octanol–water partition coefficient (Wildman–Crippen LogP) is 5.21. The zero-order valence-corrected chi connectivity index (χ0v) is 20.0. The second kappa shape index (κ2) is 8.62. The zero-order chi connectivity index (χ0) is 22.5. The lowest BCUT2D eigenvalue weighted by Gasteiger charge is -2.56. The minimum Gasteiger partial charge on any atom is -0.397 e. The average Bonchev–Trinajstić information content (AvgIpc) is 3.16. The first kappa shape index (κ1) is 22.2. The van der Waals surface area contributed by atoms with Gasteiger partial charge in [-0.25, -0.2) is 5.84 Å². The Morgan fingerprint density at radius 1 is 1.12 bits per heavy atom. The van der Waals surface area contributed by atoms with Gasteiger partial charge in [0.1, 0.15) is 0 Å². The van der Waals surface area contributed by atoms with Gasteiger partial charge in [0.2, 0.25) is 0 Å². The Labute approximate surface area is 193 Å². The number of nitrogen functional groups attached to an aromatic ring is 1. The van der Waals surface area contributed by atoms with Gasteiger partial charge in [-0.1, -0.05) is 26.7 Å². The average molecular weight is 439 g/mol. The number of aromatic nitrogens is 1. The van der Waals surface area contributed by atoms with E-state index in [1.54, 1.807) is 18.5 Å². The van der Waals surface area contributed by atoms with E-state index in [1.807, 2.05) is 0 Å². The van der Waals surface area contributed by atoms with E-state index in [4.69, 9.17) is 11.6 Å². The lowest BCUT2D eigenvalue weighted by atomic mass is 9.49. The number of nitrogens with two attached hydrogens (primary N) is 2. The number of carbonyl (C=O) groups excluding carboxylic acids is 1. The van der Waals surface area contributed by atoms with Crippen LogP contribution in [0.4, 0.5) is 11.4 Å². The quantitative estimate of drug-likeness (QED) is 0.487. The van der Waals surface area contributed by atoms with Crippen molar-refractivity contribution in [1.29, 1.82) is 0 Å². The lowest BCUT2D eigenvalue weighted by Crippen LogP contribution is -2.50. The molecule has 0 aliphatic heterocycles. The maximum absolute atomic E-state index is 13.5. The van der Waals surface area contributed by atoms with Crippen molar-refractivity contribution < 1.29 is 4.79 Å². The van der Waals surface area contributed by atoms with Gasteiger partial charge >= 0.3 is 0 Å². The van der Waals surface area contributed by atoms with Gasteiger partial charge < -0.3 is 10.7 Å². The molecule has 5 rings (SSSR count). The van der Waals surface area contributed by atoms with Crippen LogP contribution in [0.15, 0.2) is 18.5 Å². The molecule has 4 aliphatic rings. The van der Waals surface area contributed by atoms with E-state index in [9.17, 15) is 4.79 Å². The van der Waals surface area contributed by atoms with Crippen LogP contribution in [0.1, 0.15) is 78.1 Å². The van der Waals surface area contributed by atoms with Gasteiger partial charge in [0.25, 0.3) is 0 Å². The molecule has 0 aromatic carbocycles. The largest absolute Gasteiger partial charge is 0.397 e. The molecule has 0 amide bonds. The van der Waals surface area contributed by atoms with Gasteiger partial charge in [-0.2, -0.15) is 0 Å². The van der Waals surface area contributed by atoms with Crippen molar-refractivity contribution in [2.45, 2.75) is 78.1 Å². The molecule has 8 atom stereocenters. The number of pyridine rings is 1. The first-order valence-corrected chi connectivity index (χ1v) is 13.2. The van der Waals surface area contributed by atoms with Crippen LogP contribution < -0.4 is 16.6 Å². The van der Waals surface area contributed by atoms with Crippen LogP contribution in [0.2, 0.25) is 0 Å². The maximum atomic E-state index is 13.5. The molecule has 8 unspecified atom stereocenters. The molecule has 0 saturated heterocycles. The third kappa shape index (κ3) is 3.65. The van der Waals surface area contributed by atoms with Crippen LogP contribution in [0.25, 0.3) is 0 Å². The highest BCUT2D eigenvalue weighted by molar-refractivity contribution is 5.87. The Hall–Kier alpha value is -1.62. The number of nitrogens with zero attached hydrogens (tertiary/aromatic N) is 2. The maximum Gasteiger partial charge on any atom is 0.157 e. The molecular formula is C27H42N4O. The molecule has 1 aromatic heterocycles. The van der Waals surface area contributed by atoms with Gasteiger partial charge in [0.05, 0.1) is 24.1 Å². The summed E-state index contributed by atoms with van der Waals surface area (Å²) >= 11 is 0. The number of hydrogen-bond acceptors (Lipinski definition) is 5. The first-order valence-electron chi connectivity index (χ1n) is 13.2. The molecule has 4 saturated carbocycles. The fourth-order valence-corrected chi connectivity index (χ4v) is 8.85. The van der Waals surface area contributed by atoms with Gasteiger partial charge in [-0.3, -0.25) is 9.78 Å². The molecule has 176 valence electrons. The Bertz CT molecular complexity index is 843. The Morgan fingerprint density at radius 3 is 2.72 bits per heavy atom. The van der Waals surface area contributed by atoms with Gasteiger partial charge in [-0.05, 0) is 98.4 Å². The molecule has 0 bridgehead atoms. The number of Topliss-reactive ketones (excluding diaryl/α,β-unsaturated/α-hetero) is 1. The molecule has 32 heavy (non-hydrogen) atoms. The highest BCUT2D eigenvalue weighted by Gasteiger charge is 2.58. The van der Waals surface area contributed by atoms with Crippen LogP contribution in [0.5, 0.6) is 0 Å². The molecule has 4 aliphatic carbocycles. The molecule has 0 spiro atoms. The summed E-state index contributed by atoms with van der Waals surface area (Å²) < 4.78 is 0. The molecule has 5 nitrogen and oxygen atoms in total. The summed E-state index contributed by atoms with van der Waals surface area (Å²) in [6.45, 7) is 5.03. The van der Waals surface area contributed by atoms with Crippen LogP contribution in [0.3, 0.4) is 0 Å². The predicted molar refractivity (Wildman–Crippen MR) is 130 cm³/mol. The van der Waals surface area contributed by atoms with Gasteiger partial charge in [0, 0.05) is 12.1 Å². The number of rotatable bonds is 5. The summed E-state index contributed by atoms with van der Waals surface area (Å²) in [6, 6.07) is 1.73. The summed E-state index contributed by atoms with van der Waals surface area (Å²) in [4.78, 5) is 17.6. The number of ketones is 1. The van der Waals surface area contributed by atoms with Crippen molar-refractivity contribution >= 4 is 17.2 Å².